The molecule has 5 rings (SSSR count). The zero-order valence-electron chi connectivity index (χ0n) is 18.8. The number of hydrogen-bond donors (Lipinski definition) is 1. The first-order chi connectivity index (χ1) is 16.4. The van der Waals surface area contributed by atoms with Gasteiger partial charge in [-0.05, 0) is 32.4 Å². The maximum absolute atomic E-state index is 14.8. The van der Waals surface area contributed by atoms with E-state index in [1.807, 2.05) is 11.8 Å². The molecule has 1 aliphatic rings. The molecule has 10 heteroatoms. The summed E-state index contributed by atoms with van der Waals surface area (Å²) < 4.78 is 26.5. The molecule has 1 fully saturated rings. The molecule has 7 nitrogen and oxygen atoms in total. The summed E-state index contributed by atoms with van der Waals surface area (Å²) in [6.45, 7) is 5.29. The van der Waals surface area contributed by atoms with Crippen molar-refractivity contribution in [2.75, 3.05) is 25.1 Å². The van der Waals surface area contributed by atoms with E-state index >= 15 is 0 Å². The monoisotopic (exact) mass is 501 g/mol. The highest BCUT2D eigenvalue weighted by atomic mass is 35.5. The number of ether oxygens (including phenoxy) is 2. The van der Waals surface area contributed by atoms with Gasteiger partial charge in [-0.25, -0.2) is 9.37 Å². The maximum atomic E-state index is 14.8. The quantitative estimate of drug-likeness (QED) is 0.342. The number of nitrogens with one attached hydrogen (secondary N) is 1. The smallest absolute Gasteiger partial charge is 0.166 e. The Morgan fingerprint density at radius 1 is 1.12 bits per heavy atom. The lowest BCUT2D eigenvalue weighted by molar-refractivity contribution is 0.216. The lowest BCUT2D eigenvalue weighted by Gasteiger charge is -2.32. The van der Waals surface area contributed by atoms with Gasteiger partial charge in [0.15, 0.2) is 23.1 Å². The van der Waals surface area contributed by atoms with Gasteiger partial charge in [-0.2, -0.15) is 5.10 Å². The molecule has 4 aromatic rings. The fraction of sp³-hybridized carbons (Fsp3) is 0.292. The minimum Gasteiger partial charge on any atom is -0.493 e. The average Bonchev–Trinajstić information content (AvgIpc) is 3.19. The molecular weight excluding hydrogens is 480 g/mol. The van der Waals surface area contributed by atoms with Gasteiger partial charge >= 0.3 is 0 Å². The van der Waals surface area contributed by atoms with Crippen LogP contribution in [0.5, 0.6) is 11.5 Å². The molecule has 0 bridgehead atoms. The van der Waals surface area contributed by atoms with E-state index in [1.54, 1.807) is 38.6 Å². The summed E-state index contributed by atoms with van der Waals surface area (Å²) >= 11 is 12.8. The summed E-state index contributed by atoms with van der Waals surface area (Å²) in [5, 5.41) is 8.99. The van der Waals surface area contributed by atoms with E-state index in [0.717, 1.165) is 30.4 Å². The van der Waals surface area contributed by atoms with E-state index in [2.05, 4.69) is 20.2 Å². The van der Waals surface area contributed by atoms with Gasteiger partial charge in [0.05, 0.1) is 28.4 Å². The third-order valence-corrected chi connectivity index (χ3v) is 6.77. The zero-order valence-corrected chi connectivity index (χ0v) is 20.3. The van der Waals surface area contributed by atoms with Crippen molar-refractivity contribution in [2.24, 2.45) is 0 Å². The minimum atomic E-state index is -0.488. The third-order valence-electron chi connectivity index (χ3n) is 5.99. The van der Waals surface area contributed by atoms with Crippen LogP contribution in [0.15, 0.2) is 30.6 Å². The van der Waals surface area contributed by atoms with Crippen molar-refractivity contribution in [2.45, 2.75) is 26.4 Å². The van der Waals surface area contributed by atoms with E-state index in [-0.39, 0.29) is 5.82 Å². The molecule has 0 unspecified atom stereocenters. The molecule has 1 aliphatic heterocycles. The van der Waals surface area contributed by atoms with Gasteiger partial charge in [0.25, 0.3) is 0 Å². The molecule has 0 spiro atoms. The molecule has 3 aromatic heterocycles. The van der Waals surface area contributed by atoms with Crippen molar-refractivity contribution in [3.05, 3.63) is 57.7 Å². The van der Waals surface area contributed by atoms with E-state index in [4.69, 9.17) is 32.7 Å². The van der Waals surface area contributed by atoms with Gasteiger partial charge in [0.1, 0.15) is 11.8 Å². The maximum Gasteiger partial charge on any atom is 0.166 e. The number of H-pyrrole nitrogens is 1. The number of benzene rings is 1. The Morgan fingerprint density at radius 3 is 2.59 bits per heavy atom. The fourth-order valence-electron chi connectivity index (χ4n) is 4.02. The molecule has 0 radical (unpaired) electrons. The Bertz CT molecular complexity index is 1390. The van der Waals surface area contributed by atoms with Gasteiger partial charge < -0.3 is 14.4 Å². The second kappa shape index (κ2) is 8.92. The van der Waals surface area contributed by atoms with E-state index in [9.17, 15) is 4.39 Å². The number of methoxy groups -OCH3 is 1. The number of pyridine rings is 2. The topological polar surface area (TPSA) is 76.2 Å². The second-order valence-electron chi connectivity index (χ2n) is 8.17. The predicted octanol–water partition coefficient (Wildman–Crippen LogP) is 6.13. The van der Waals surface area contributed by atoms with Gasteiger partial charge in [-0.1, -0.05) is 23.2 Å². The first-order valence-electron chi connectivity index (χ1n) is 10.8. The zero-order chi connectivity index (χ0) is 24.0. The van der Waals surface area contributed by atoms with Crippen LogP contribution in [0, 0.1) is 12.7 Å². The Kier molecular flexibility index (Phi) is 5.95. The number of anilines is 1. The predicted molar refractivity (Wildman–Crippen MR) is 131 cm³/mol. The SMILES string of the molecule is COc1cc2[nH]nc(-c3cnc(N4CCC4)c(F)c3)c2cc1O[C@H](C)c1c(Cl)cnc(C)c1Cl. The van der Waals surface area contributed by atoms with Crippen LogP contribution in [0.1, 0.15) is 30.7 Å². The average molecular weight is 502 g/mol. The number of hydrogen-bond acceptors (Lipinski definition) is 6. The van der Waals surface area contributed by atoms with Crippen LogP contribution in [0.2, 0.25) is 10.0 Å². The lowest BCUT2D eigenvalue weighted by atomic mass is 10.1. The molecule has 1 atom stereocenters. The molecule has 34 heavy (non-hydrogen) atoms. The van der Waals surface area contributed by atoms with Crippen molar-refractivity contribution in [1.29, 1.82) is 0 Å². The van der Waals surface area contributed by atoms with Gasteiger partial charge in [-0.3, -0.25) is 10.1 Å². The van der Waals surface area contributed by atoms with Crippen LogP contribution >= 0.6 is 23.2 Å². The molecule has 1 saturated heterocycles. The third kappa shape index (κ3) is 3.91. The van der Waals surface area contributed by atoms with Crippen LogP contribution in [-0.4, -0.2) is 40.4 Å². The molecular formula is C24H22Cl2FN5O2. The summed E-state index contributed by atoms with van der Waals surface area (Å²) in [5.74, 6) is 0.974. The van der Waals surface area contributed by atoms with Crippen molar-refractivity contribution in [3.63, 3.8) is 0 Å². The summed E-state index contributed by atoms with van der Waals surface area (Å²) in [6, 6.07) is 5.05. The first kappa shape index (κ1) is 22.7. The normalized spacial score (nSPS) is 14.2. The molecule has 1 aromatic carbocycles. The molecule has 176 valence electrons. The highest BCUT2D eigenvalue weighted by molar-refractivity contribution is 6.36. The molecule has 4 heterocycles. The first-order valence-corrected chi connectivity index (χ1v) is 11.6. The van der Waals surface area contributed by atoms with Crippen LogP contribution in [0.4, 0.5) is 10.2 Å². The Balaban J connectivity index is 1.53. The number of halogens is 3. The summed E-state index contributed by atoms with van der Waals surface area (Å²) in [4.78, 5) is 10.4. The van der Waals surface area contributed by atoms with Crippen molar-refractivity contribution in [1.82, 2.24) is 20.2 Å². The highest BCUT2D eigenvalue weighted by Crippen LogP contribution is 2.40. The summed E-state index contributed by atoms with van der Waals surface area (Å²) in [7, 11) is 1.56. The Morgan fingerprint density at radius 2 is 1.91 bits per heavy atom. The number of rotatable bonds is 6. The van der Waals surface area contributed by atoms with E-state index < -0.39 is 6.10 Å². The molecule has 1 N–H and O–H groups in total. The fourth-order valence-corrected chi connectivity index (χ4v) is 4.67. The van der Waals surface area contributed by atoms with Gasteiger partial charge in [0.2, 0.25) is 0 Å². The van der Waals surface area contributed by atoms with Crippen molar-refractivity contribution >= 4 is 39.9 Å². The largest absolute Gasteiger partial charge is 0.493 e. The van der Waals surface area contributed by atoms with Crippen molar-refractivity contribution < 1.29 is 13.9 Å². The molecule has 0 saturated carbocycles. The number of nitrogens with zero attached hydrogens (tertiary/aromatic N) is 4. The van der Waals surface area contributed by atoms with Crippen LogP contribution in [0.25, 0.3) is 22.2 Å². The Hall–Kier alpha value is -3.10. The lowest BCUT2D eigenvalue weighted by Crippen LogP contribution is -2.38. The standard InChI is InChI=1S/C24H22Cl2FN5O2/c1-12-22(26)21(16(25)11-28-12)13(2)34-20-8-15-18(9-19(20)33-3)30-31-23(15)14-7-17(27)24(29-10-14)32-5-4-6-32/h7-11,13H,4-6H2,1-3H3,(H,30,31)/t13-/m1/s1. The van der Waals surface area contributed by atoms with Crippen LogP contribution < -0.4 is 14.4 Å². The van der Waals surface area contributed by atoms with Gasteiger partial charge in [-0.15, -0.1) is 0 Å². The van der Waals surface area contributed by atoms with Crippen LogP contribution in [0.3, 0.4) is 0 Å². The number of aryl methyl sites for hydroxylation is 1. The second-order valence-corrected chi connectivity index (χ2v) is 8.96. The Labute approximate surface area is 205 Å². The van der Waals surface area contributed by atoms with E-state index in [1.165, 1.54) is 6.07 Å². The van der Waals surface area contributed by atoms with E-state index in [0.29, 0.717) is 49.9 Å². The van der Waals surface area contributed by atoms with Gasteiger partial charge in [0, 0.05) is 48.1 Å². The van der Waals surface area contributed by atoms with Crippen LogP contribution in [-0.2, 0) is 0 Å². The summed E-state index contributed by atoms with van der Waals surface area (Å²) in [6.07, 6.45) is 3.75. The molecule has 0 aliphatic carbocycles. The minimum absolute atomic E-state index is 0.371. The molecule has 0 amide bonds. The summed E-state index contributed by atoms with van der Waals surface area (Å²) in [5.41, 5.74) is 3.14. The number of fused-ring (bicyclic) bond motifs is 1. The number of aromatic amines is 1. The number of aromatic nitrogens is 4. The van der Waals surface area contributed by atoms with Crippen molar-refractivity contribution in [3.8, 4) is 22.8 Å². The highest BCUT2D eigenvalue weighted by Gasteiger charge is 2.23.